The molecule has 0 radical (unpaired) electrons. The monoisotopic (exact) mass is 592 g/mol. The van der Waals surface area contributed by atoms with Crippen LogP contribution in [-0.4, -0.2) is 33.5 Å². The normalized spacial score (nSPS) is 55.4. The van der Waals surface area contributed by atoms with Crippen molar-refractivity contribution in [2.75, 3.05) is 0 Å². The van der Waals surface area contributed by atoms with Crippen molar-refractivity contribution in [3.8, 4) is 0 Å². The fourth-order valence-electron chi connectivity index (χ4n) is 13.8. The van der Waals surface area contributed by atoms with Crippen LogP contribution in [-0.2, 0) is 9.59 Å². The molecule has 0 aromatic carbocycles. The largest absolute Gasteiger partial charge is 0.393 e. The van der Waals surface area contributed by atoms with Crippen molar-refractivity contribution in [1.82, 2.24) is 0 Å². The fourth-order valence-corrected chi connectivity index (χ4v) is 13.8. The smallest absolute Gasteiger partial charge is 0.155 e. The van der Waals surface area contributed by atoms with E-state index in [1.165, 1.54) is 56.9 Å². The lowest BCUT2D eigenvalue weighted by Gasteiger charge is -2.60. The van der Waals surface area contributed by atoms with Crippen LogP contribution >= 0.6 is 0 Å². The second-order valence-electron chi connectivity index (χ2n) is 18.3. The van der Waals surface area contributed by atoms with Crippen molar-refractivity contribution in [1.29, 1.82) is 0 Å². The van der Waals surface area contributed by atoms with Crippen LogP contribution in [0.4, 0.5) is 0 Å². The highest BCUT2D eigenvalue weighted by atomic mass is 16.3. The van der Waals surface area contributed by atoms with Gasteiger partial charge in [-0.15, -0.1) is 0 Å². The van der Waals surface area contributed by atoms with E-state index in [0.29, 0.717) is 28.8 Å². The molecule has 0 aromatic heterocycles. The van der Waals surface area contributed by atoms with Crippen molar-refractivity contribution in [2.24, 2.45) is 63.1 Å². The Kier molecular flexibility index (Phi) is 7.30. The molecule has 8 aliphatic rings. The molecule has 4 heteroatoms. The average molecular weight is 593 g/mol. The highest BCUT2D eigenvalue weighted by Gasteiger charge is 2.63. The predicted octanol–water partition coefficient (Wildman–Crippen LogP) is 8.23. The van der Waals surface area contributed by atoms with Crippen molar-refractivity contribution < 1.29 is 19.8 Å². The summed E-state index contributed by atoms with van der Waals surface area (Å²) in [6.07, 6.45) is 20.7. The first kappa shape index (κ1) is 30.6. The van der Waals surface area contributed by atoms with Gasteiger partial charge in [0.15, 0.2) is 5.78 Å². The molecule has 8 rings (SSSR count). The van der Waals surface area contributed by atoms with Gasteiger partial charge in [0, 0.05) is 19.3 Å². The van der Waals surface area contributed by atoms with Gasteiger partial charge in [0.1, 0.15) is 5.78 Å². The molecule has 0 aliphatic heterocycles. The number of allylic oxidation sites excluding steroid dienone is 1. The van der Waals surface area contributed by atoms with Gasteiger partial charge in [-0.2, -0.15) is 0 Å². The molecular weight excluding hydrogens is 532 g/mol. The van der Waals surface area contributed by atoms with E-state index >= 15 is 0 Å². The molecule has 0 amide bonds. The third kappa shape index (κ3) is 4.40. The van der Waals surface area contributed by atoms with Gasteiger partial charge >= 0.3 is 0 Å². The highest BCUT2D eigenvalue weighted by molar-refractivity contribution is 5.91. The number of rotatable bonds is 0. The lowest BCUT2D eigenvalue weighted by molar-refractivity contribution is -0.141. The molecule has 0 saturated heterocycles. The Morgan fingerprint density at radius 2 is 1.35 bits per heavy atom. The molecule has 4 nitrogen and oxygen atoms in total. The summed E-state index contributed by atoms with van der Waals surface area (Å²) < 4.78 is 0. The summed E-state index contributed by atoms with van der Waals surface area (Å²) in [6.45, 7) is 11.7. The van der Waals surface area contributed by atoms with E-state index in [1.807, 2.05) is 6.08 Å². The maximum absolute atomic E-state index is 11.9. The molecule has 0 heterocycles. The van der Waals surface area contributed by atoms with Crippen LogP contribution in [0.3, 0.4) is 0 Å². The van der Waals surface area contributed by atoms with Gasteiger partial charge in [-0.05, 0) is 166 Å². The van der Waals surface area contributed by atoms with Crippen LogP contribution in [0.5, 0.6) is 0 Å². The summed E-state index contributed by atoms with van der Waals surface area (Å²) in [5.41, 5.74) is 1.92. The Bertz CT molecular complexity index is 1190. The molecule has 0 spiro atoms. The van der Waals surface area contributed by atoms with E-state index in [-0.39, 0.29) is 22.3 Å². The van der Waals surface area contributed by atoms with Gasteiger partial charge in [-0.25, -0.2) is 0 Å². The zero-order valence-corrected chi connectivity index (χ0v) is 27.9. The highest BCUT2D eigenvalue weighted by Crippen LogP contribution is 2.68. The van der Waals surface area contributed by atoms with Crippen molar-refractivity contribution in [3.05, 3.63) is 11.6 Å². The van der Waals surface area contributed by atoms with Crippen LogP contribution < -0.4 is 0 Å². The van der Waals surface area contributed by atoms with Crippen LogP contribution in [0.15, 0.2) is 11.6 Å². The molecule has 0 bridgehead atoms. The van der Waals surface area contributed by atoms with E-state index in [4.69, 9.17) is 0 Å². The SMILES string of the molecule is C[C@]12CCC(=O)C=C1CC[C@@H]1[C@@H]2CC[C@@]2(C)[C@H]1CC[C@]2(C)O.C[C@]12CC[C@H]3[C@@H](CCC4CC(=O)CC[C@@]43C)[C@@H]1CC[C@@H]2O. The number of fused-ring (bicyclic) bond motifs is 10. The summed E-state index contributed by atoms with van der Waals surface area (Å²) in [5, 5.41) is 21.4. The standard InChI is InChI=1S/C20H30O2.C19H30O2/c1-18-9-6-14(21)12-13(18)4-5-15-16(18)7-10-19(2)17(15)8-11-20(19,3)22;1-18-9-7-13(20)11-12(18)3-4-14-15-5-6-17(21)19(15,2)10-8-16(14)18/h12,15-17,22H,4-11H2,1-3H3;12,14-17,21H,3-11H2,1-2H3/t15-,16+,17+,18+,19+,20+;12?,14-,15-,16-,17-,18-,19-/m10/s1. The summed E-state index contributed by atoms with van der Waals surface area (Å²) >= 11 is 0. The van der Waals surface area contributed by atoms with Gasteiger partial charge in [0.2, 0.25) is 0 Å². The van der Waals surface area contributed by atoms with E-state index < -0.39 is 5.60 Å². The van der Waals surface area contributed by atoms with Crippen molar-refractivity contribution in [2.45, 2.75) is 155 Å². The number of aliphatic hydroxyl groups is 2. The van der Waals surface area contributed by atoms with Gasteiger partial charge in [-0.1, -0.05) is 33.3 Å². The van der Waals surface area contributed by atoms with Crippen LogP contribution in [0.1, 0.15) is 144 Å². The number of carbonyl (C=O) groups is 2. The summed E-state index contributed by atoms with van der Waals surface area (Å²) in [6, 6.07) is 0. The molecule has 240 valence electrons. The van der Waals surface area contributed by atoms with Gasteiger partial charge in [-0.3, -0.25) is 9.59 Å². The van der Waals surface area contributed by atoms with E-state index in [9.17, 15) is 19.8 Å². The zero-order chi connectivity index (χ0) is 30.6. The Balaban J connectivity index is 0.000000140. The Morgan fingerprint density at radius 1 is 0.651 bits per heavy atom. The second kappa shape index (κ2) is 10.2. The van der Waals surface area contributed by atoms with E-state index in [0.717, 1.165) is 87.4 Å². The quantitative estimate of drug-likeness (QED) is 0.297. The Labute approximate surface area is 261 Å². The predicted molar refractivity (Wildman–Crippen MR) is 170 cm³/mol. The lowest BCUT2D eigenvalue weighted by atomic mass is 9.45. The topological polar surface area (TPSA) is 74.6 Å². The molecule has 0 aromatic rings. The number of aliphatic hydroxyl groups excluding tert-OH is 1. The maximum Gasteiger partial charge on any atom is 0.155 e. The van der Waals surface area contributed by atoms with Crippen molar-refractivity contribution in [3.63, 3.8) is 0 Å². The summed E-state index contributed by atoms with van der Waals surface area (Å²) in [5.74, 6) is 6.02. The molecule has 7 saturated carbocycles. The van der Waals surface area contributed by atoms with Crippen LogP contribution in [0.25, 0.3) is 0 Å². The first-order chi connectivity index (χ1) is 20.2. The van der Waals surface area contributed by atoms with Gasteiger partial charge in [0.25, 0.3) is 0 Å². The number of Topliss-reactive ketones (excluding diaryl/α,β-unsaturated/α-hetero) is 1. The molecule has 8 aliphatic carbocycles. The van der Waals surface area contributed by atoms with Gasteiger partial charge in [0.05, 0.1) is 11.7 Å². The maximum atomic E-state index is 11.9. The fraction of sp³-hybridized carbons (Fsp3) is 0.897. The van der Waals surface area contributed by atoms with Crippen molar-refractivity contribution >= 4 is 11.6 Å². The minimum Gasteiger partial charge on any atom is -0.393 e. The third-order valence-electron chi connectivity index (χ3n) is 17.0. The van der Waals surface area contributed by atoms with Crippen LogP contribution in [0, 0.1) is 63.1 Å². The molecule has 43 heavy (non-hydrogen) atoms. The summed E-state index contributed by atoms with van der Waals surface area (Å²) in [4.78, 5) is 23.7. The number of hydrogen-bond donors (Lipinski definition) is 2. The molecular formula is C39H60O4. The molecule has 13 atom stereocenters. The van der Waals surface area contributed by atoms with Crippen LogP contribution in [0.2, 0.25) is 0 Å². The summed E-state index contributed by atoms with van der Waals surface area (Å²) in [7, 11) is 0. The third-order valence-corrected chi connectivity index (χ3v) is 17.0. The minimum absolute atomic E-state index is 0.0677. The molecule has 1 unspecified atom stereocenters. The Morgan fingerprint density at radius 3 is 2.14 bits per heavy atom. The molecule has 7 fully saturated rings. The number of hydrogen-bond acceptors (Lipinski definition) is 4. The van der Waals surface area contributed by atoms with E-state index in [1.54, 1.807) is 0 Å². The average Bonchev–Trinajstić information content (AvgIpc) is 3.40. The second-order valence-corrected chi connectivity index (χ2v) is 18.3. The first-order valence-electron chi connectivity index (χ1n) is 18.4. The first-order valence-corrected chi connectivity index (χ1v) is 18.4. The minimum atomic E-state index is -0.484. The van der Waals surface area contributed by atoms with E-state index in [2.05, 4.69) is 34.6 Å². The zero-order valence-electron chi connectivity index (χ0n) is 27.9. The molecule has 2 N–H and O–H groups in total. The number of carbonyl (C=O) groups excluding carboxylic acids is 2. The number of ketones is 2. The Hall–Kier alpha value is -1.00. The van der Waals surface area contributed by atoms with Gasteiger partial charge < -0.3 is 10.2 Å². The lowest BCUT2D eigenvalue weighted by Crippen LogP contribution is -2.54.